The van der Waals surface area contributed by atoms with Gasteiger partial charge in [0, 0.05) is 14.6 Å². The molecule has 1 N–H and O–H groups in total. The largest absolute Gasteiger partial charge is 0.465 e. The molecule has 0 aliphatic rings. The maximum absolute atomic E-state index is 12.6. The van der Waals surface area contributed by atoms with Crippen LogP contribution in [0.4, 0.5) is 5.69 Å². The van der Waals surface area contributed by atoms with Gasteiger partial charge in [-0.05, 0) is 34.1 Å². The van der Waals surface area contributed by atoms with Gasteiger partial charge in [-0.1, -0.05) is 30.3 Å². The van der Waals surface area contributed by atoms with Crippen molar-refractivity contribution in [3.05, 3.63) is 63.4 Å². The van der Waals surface area contributed by atoms with Gasteiger partial charge in [-0.15, -0.1) is 11.3 Å². The second-order valence-electron chi connectivity index (χ2n) is 4.73. The first kappa shape index (κ1) is 15.7. The Balaban J connectivity index is 2.07. The van der Waals surface area contributed by atoms with E-state index in [1.54, 1.807) is 18.2 Å². The van der Waals surface area contributed by atoms with Crippen LogP contribution in [-0.2, 0) is 4.74 Å². The number of methoxy groups -OCH3 is 1. The van der Waals surface area contributed by atoms with Crippen LogP contribution in [0.15, 0.2) is 53.0 Å². The molecule has 0 atom stereocenters. The fourth-order valence-corrected chi connectivity index (χ4v) is 3.77. The zero-order chi connectivity index (χ0) is 16.4. The zero-order valence-electron chi connectivity index (χ0n) is 12.1. The second-order valence-corrected chi connectivity index (χ2v) is 6.63. The van der Waals surface area contributed by atoms with Gasteiger partial charge in [0.15, 0.2) is 0 Å². The van der Waals surface area contributed by atoms with Crippen molar-refractivity contribution in [2.45, 2.75) is 0 Å². The summed E-state index contributed by atoms with van der Waals surface area (Å²) in [6, 6.07) is 14.7. The Bertz CT molecular complexity index is 904. The standard InChI is InChI=1S/C17H12BrNO3S/c1-22-17(21)15-14(11-7-3-5-9-13(11)23-15)19-16(20)10-6-2-4-8-12(10)18/h2-9H,1H3,(H,19,20). The SMILES string of the molecule is COC(=O)c1sc2ccccc2c1NC(=O)c1ccccc1Br. The molecule has 3 aromatic rings. The summed E-state index contributed by atoms with van der Waals surface area (Å²) in [6.07, 6.45) is 0. The predicted molar refractivity (Wildman–Crippen MR) is 95.3 cm³/mol. The summed E-state index contributed by atoms with van der Waals surface area (Å²) in [5, 5.41) is 3.66. The lowest BCUT2D eigenvalue weighted by Crippen LogP contribution is -2.14. The molecule has 0 aliphatic carbocycles. The summed E-state index contributed by atoms with van der Waals surface area (Å²) >= 11 is 4.66. The van der Waals surface area contributed by atoms with E-state index in [1.807, 2.05) is 30.3 Å². The number of benzene rings is 2. The number of esters is 1. The minimum absolute atomic E-state index is 0.286. The molecule has 0 fully saturated rings. The maximum atomic E-state index is 12.6. The summed E-state index contributed by atoms with van der Waals surface area (Å²) < 4.78 is 6.43. The van der Waals surface area contributed by atoms with Gasteiger partial charge in [-0.3, -0.25) is 4.79 Å². The normalized spacial score (nSPS) is 10.5. The van der Waals surface area contributed by atoms with Crippen molar-refractivity contribution >= 4 is 54.9 Å². The highest BCUT2D eigenvalue weighted by Crippen LogP contribution is 2.36. The van der Waals surface area contributed by atoms with Crippen LogP contribution in [0, 0.1) is 0 Å². The lowest BCUT2D eigenvalue weighted by Gasteiger charge is -2.08. The van der Waals surface area contributed by atoms with E-state index in [0.717, 1.165) is 10.1 Å². The van der Waals surface area contributed by atoms with Crippen LogP contribution >= 0.6 is 27.3 Å². The van der Waals surface area contributed by atoms with Crippen molar-refractivity contribution in [1.29, 1.82) is 0 Å². The van der Waals surface area contributed by atoms with E-state index in [9.17, 15) is 9.59 Å². The molecule has 0 aliphatic heterocycles. The molecule has 6 heteroatoms. The van der Waals surface area contributed by atoms with Crippen LogP contribution < -0.4 is 5.32 Å². The molecule has 0 bridgehead atoms. The number of amides is 1. The third-order valence-electron chi connectivity index (χ3n) is 3.32. The molecule has 0 radical (unpaired) electrons. The number of carbonyl (C=O) groups is 2. The van der Waals surface area contributed by atoms with E-state index in [0.29, 0.717) is 20.6 Å². The first-order valence-electron chi connectivity index (χ1n) is 6.77. The molecule has 116 valence electrons. The number of halogens is 1. The first-order valence-corrected chi connectivity index (χ1v) is 8.38. The summed E-state index contributed by atoms with van der Waals surface area (Å²) in [6.45, 7) is 0. The van der Waals surface area contributed by atoms with Crippen LogP contribution in [-0.4, -0.2) is 19.0 Å². The van der Waals surface area contributed by atoms with Gasteiger partial charge >= 0.3 is 5.97 Å². The summed E-state index contributed by atoms with van der Waals surface area (Å²) in [5.41, 5.74) is 0.983. The fraction of sp³-hybridized carbons (Fsp3) is 0.0588. The zero-order valence-corrected chi connectivity index (χ0v) is 14.5. The molecule has 1 heterocycles. The van der Waals surface area contributed by atoms with Crippen LogP contribution in [0.5, 0.6) is 0 Å². The number of hydrogen-bond acceptors (Lipinski definition) is 4. The lowest BCUT2D eigenvalue weighted by molar-refractivity contribution is 0.0607. The van der Waals surface area contributed by atoms with Crippen molar-refractivity contribution in [3.8, 4) is 0 Å². The third kappa shape index (κ3) is 3.00. The van der Waals surface area contributed by atoms with E-state index < -0.39 is 5.97 Å². The summed E-state index contributed by atoms with van der Waals surface area (Å²) in [7, 11) is 1.33. The molecule has 0 saturated carbocycles. The molecule has 0 spiro atoms. The Morgan fingerprint density at radius 3 is 2.52 bits per heavy atom. The van der Waals surface area contributed by atoms with Crippen LogP contribution in [0.3, 0.4) is 0 Å². The topological polar surface area (TPSA) is 55.4 Å². The van der Waals surface area contributed by atoms with Crippen LogP contribution in [0.1, 0.15) is 20.0 Å². The highest BCUT2D eigenvalue weighted by Gasteiger charge is 2.21. The molecule has 3 rings (SSSR count). The van der Waals surface area contributed by atoms with Crippen molar-refractivity contribution < 1.29 is 14.3 Å². The van der Waals surface area contributed by atoms with Crippen molar-refractivity contribution in [2.24, 2.45) is 0 Å². The van der Waals surface area contributed by atoms with Gasteiger partial charge in [0.2, 0.25) is 0 Å². The molecular formula is C17H12BrNO3S. The second kappa shape index (κ2) is 6.52. The van der Waals surface area contributed by atoms with Gasteiger partial charge in [0.25, 0.3) is 5.91 Å². The molecule has 1 aromatic heterocycles. The van der Waals surface area contributed by atoms with Gasteiger partial charge in [-0.2, -0.15) is 0 Å². The van der Waals surface area contributed by atoms with E-state index >= 15 is 0 Å². The molecule has 2 aromatic carbocycles. The van der Waals surface area contributed by atoms with Gasteiger partial charge in [0.1, 0.15) is 4.88 Å². The Hall–Kier alpha value is -2.18. The molecule has 1 amide bonds. The number of nitrogens with one attached hydrogen (secondary N) is 1. The number of carbonyl (C=O) groups excluding carboxylic acids is 2. The van der Waals surface area contributed by atoms with Crippen molar-refractivity contribution in [3.63, 3.8) is 0 Å². The number of fused-ring (bicyclic) bond motifs is 1. The van der Waals surface area contributed by atoms with E-state index in [1.165, 1.54) is 18.4 Å². The lowest BCUT2D eigenvalue weighted by atomic mass is 10.2. The minimum atomic E-state index is -0.464. The Morgan fingerprint density at radius 1 is 1.09 bits per heavy atom. The number of ether oxygens (including phenoxy) is 1. The number of anilines is 1. The minimum Gasteiger partial charge on any atom is -0.465 e. The Morgan fingerprint density at radius 2 is 1.78 bits per heavy atom. The Kier molecular flexibility index (Phi) is 4.45. The van der Waals surface area contributed by atoms with Gasteiger partial charge in [-0.25, -0.2) is 4.79 Å². The summed E-state index contributed by atoms with van der Waals surface area (Å²) in [4.78, 5) is 25.0. The third-order valence-corrected chi connectivity index (χ3v) is 5.17. The molecule has 23 heavy (non-hydrogen) atoms. The highest BCUT2D eigenvalue weighted by molar-refractivity contribution is 9.10. The monoisotopic (exact) mass is 389 g/mol. The van der Waals surface area contributed by atoms with E-state index in [2.05, 4.69) is 21.2 Å². The average molecular weight is 390 g/mol. The summed E-state index contributed by atoms with van der Waals surface area (Å²) in [5.74, 6) is -0.750. The quantitative estimate of drug-likeness (QED) is 0.660. The van der Waals surface area contributed by atoms with Crippen LogP contribution in [0.25, 0.3) is 10.1 Å². The number of rotatable bonds is 3. The van der Waals surface area contributed by atoms with Gasteiger partial charge < -0.3 is 10.1 Å². The van der Waals surface area contributed by atoms with Crippen LogP contribution in [0.2, 0.25) is 0 Å². The number of thiophene rings is 1. The fourth-order valence-electron chi connectivity index (χ4n) is 2.23. The van der Waals surface area contributed by atoms with E-state index in [4.69, 9.17) is 4.74 Å². The number of hydrogen-bond donors (Lipinski definition) is 1. The van der Waals surface area contributed by atoms with Gasteiger partial charge in [0.05, 0.1) is 18.4 Å². The van der Waals surface area contributed by atoms with Crippen molar-refractivity contribution in [2.75, 3.05) is 12.4 Å². The van der Waals surface area contributed by atoms with Crippen molar-refractivity contribution in [1.82, 2.24) is 0 Å². The Labute approximate surface area is 145 Å². The smallest absolute Gasteiger partial charge is 0.350 e. The molecule has 0 saturated heterocycles. The highest BCUT2D eigenvalue weighted by atomic mass is 79.9. The first-order chi connectivity index (χ1) is 11.1. The maximum Gasteiger partial charge on any atom is 0.350 e. The van der Waals surface area contributed by atoms with E-state index in [-0.39, 0.29) is 5.91 Å². The average Bonchev–Trinajstić information content (AvgIpc) is 2.93. The molecule has 4 nitrogen and oxygen atoms in total. The molecular weight excluding hydrogens is 378 g/mol. The predicted octanol–water partition coefficient (Wildman–Crippen LogP) is 4.70. The molecule has 0 unspecified atom stereocenters.